The Morgan fingerprint density at radius 3 is 2.74 bits per heavy atom. The molecule has 0 N–H and O–H groups in total. The molecule has 31 heavy (non-hydrogen) atoms. The van der Waals surface area contributed by atoms with Crippen molar-refractivity contribution in [2.24, 2.45) is 0 Å². The van der Waals surface area contributed by atoms with Gasteiger partial charge in [0, 0.05) is 16.6 Å². The minimum atomic E-state index is -0.679. The van der Waals surface area contributed by atoms with E-state index in [9.17, 15) is 9.59 Å². The fourth-order valence-electron chi connectivity index (χ4n) is 3.69. The number of rotatable bonds is 5. The van der Waals surface area contributed by atoms with Crippen molar-refractivity contribution in [1.29, 1.82) is 0 Å². The van der Waals surface area contributed by atoms with E-state index in [-0.39, 0.29) is 16.8 Å². The predicted octanol–water partition coefficient (Wildman–Crippen LogP) is 5.22. The zero-order chi connectivity index (χ0) is 21.5. The molecule has 0 fully saturated rings. The van der Waals surface area contributed by atoms with Crippen LogP contribution in [0.3, 0.4) is 0 Å². The van der Waals surface area contributed by atoms with E-state index in [1.54, 1.807) is 48.0 Å². The molecule has 1 aliphatic rings. The fraction of sp³-hybridized carbons (Fsp3) is 0.0870. The number of hydrogen-bond acceptors (Lipinski definition) is 6. The number of carbonyl (C=O) groups is 1. The van der Waals surface area contributed by atoms with Crippen LogP contribution in [0.25, 0.3) is 11.0 Å². The van der Waals surface area contributed by atoms with Gasteiger partial charge in [0.15, 0.2) is 10.6 Å². The van der Waals surface area contributed by atoms with E-state index in [0.29, 0.717) is 33.5 Å². The molecule has 0 saturated carbocycles. The minimum absolute atomic E-state index is 0.0204. The average molecular weight is 451 g/mol. The van der Waals surface area contributed by atoms with E-state index >= 15 is 0 Å². The number of benzene rings is 2. The number of thiazole rings is 1. The van der Waals surface area contributed by atoms with Crippen molar-refractivity contribution in [1.82, 2.24) is 4.98 Å². The SMILES string of the molecule is C=CCOc1ccc(C2c3c(oc4ccc(Cl)cc4c3=O)C(=O)N2c2nccs2)cc1. The lowest BCUT2D eigenvalue weighted by molar-refractivity contribution is 0.0971. The second-order valence-electron chi connectivity index (χ2n) is 6.88. The topological polar surface area (TPSA) is 72.6 Å². The number of amides is 1. The maximum absolute atomic E-state index is 13.5. The Morgan fingerprint density at radius 2 is 2.03 bits per heavy atom. The molecule has 0 aliphatic carbocycles. The standard InChI is InChI=1S/C23H15ClN2O4S/c1-2-10-29-15-6-3-13(4-7-15)19-18-20(27)16-12-14(24)5-8-17(16)30-21(18)22(28)26(19)23-25-9-11-31-23/h2-9,11-12,19H,1,10H2. The Balaban J connectivity index is 1.72. The number of aromatic nitrogens is 1. The molecule has 0 saturated heterocycles. The molecule has 0 spiro atoms. The zero-order valence-electron chi connectivity index (χ0n) is 16.1. The van der Waals surface area contributed by atoms with Crippen LogP contribution in [-0.4, -0.2) is 17.5 Å². The van der Waals surface area contributed by atoms with Crippen LogP contribution in [0.2, 0.25) is 5.02 Å². The Bertz CT molecular complexity index is 1360. The lowest BCUT2D eigenvalue weighted by Gasteiger charge is -2.22. The van der Waals surface area contributed by atoms with E-state index in [1.165, 1.54) is 16.2 Å². The number of carbonyl (C=O) groups excluding carboxylic acids is 1. The molecular weight excluding hydrogens is 436 g/mol. The molecule has 5 rings (SSSR count). The van der Waals surface area contributed by atoms with Crippen molar-refractivity contribution >= 4 is 44.9 Å². The lowest BCUT2D eigenvalue weighted by atomic mass is 9.98. The maximum atomic E-state index is 13.5. The number of anilines is 1. The van der Waals surface area contributed by atoms with E-state index in [0.717, 1.165) is 5.56 Å². The van der Waals surface area contributed by atoms with Crippen LogP contribution in [0.4, 0.5) is 5.13 Å². The first-order valence-electron chi connectivity index (χ1n) is 9.41. The summed E-state index contributed by atoms with van der Waals surface area (Å²) in [5.41, 5.74) is 1.04. The van der Waals surface area contributed by atoms with Gasteiger partial charge < -0.3 is 9.15 Å². The van der Waals surface area contributed by atoms with Crippen LogP contribution in [-0.2, 0) is 0 Å². The second kappa shape index (κ2) is 7.68. The summed E-state index contributed by atoms with van der Waals surface area (Å²) in [5, 5.41) is 3.01. The summed E-state index contributed by atoms with van der Waals surface area (Å²) < 4.78 is 11.5. The van der Waals surface area contributed by atoms with E-state index in [4.69, 9.17) is 20.8 Å². The van der Waals surface area contributed by atoms with Gasteiger partial charge in [-0.3, -0.25) is 14.5 Å². The van der Waals surface area contributed by atoms with Gasteiger partial charge in [0.1, 0.15) is 17.9 Å². The van der Waals surface area contributed by atoms with Crippen molar-refractivity contribution in [3.05, 3.63) is 98.8 Å². The number of ether oxygens (including phenoxy) is 1. The van der Waals surface area contributed by atoms with Gasteiger partial charge >= 0.3 is 0 Å². The summed E-state index contributed by atoms with van der Waals surface area (Å²) in [7, 11) is 0. The first kappa shape index (κ1) is 19.5. The summed E-state index contributed by atoms with van der Waals surface area (Å²) in [6.07, 6.45) is 3.27. The zero-order valence-corrected chi connectivity index (χ0v) is 17.7. The van der Waals surface area contributed by atoms with Crippen molar-refractivity contribution in [3.8, 4) is 5.75 Å². The number of fused-ring (bicyclic) bond motifs is 2. The van der Waals surface area contributed by atoms with Crippen LogP contribution in [0.1, 0.15) is 27.7 Å². The van der Waals surface area contributed by atoms with Gasteiger partial charge in [0.05, 0.1) is 17.0 Å². The molecule has 1 unspecified atom stereocenters. The third-order valence-electron chi connectivity index (χ3n) is 5.02. The van der Waals surface area contributed by atoms with Crippen molar-refractivity contribution in [2.45, 2.75) is 6.04 Å². The molecule has 1 amide bonds. The monoisotopic (exact) mass is 450 g/mol. The number of hydrogen-bond donors (Lipinski definition) is 0. The quantitative estimate of drug-likeness (QED) is 0.390. The highest BCUT2D eigenvalue weighted by molar-refractivity contribution is 7.13. The summed E-state index contributed by atoms with van der Waals surface area (Å²) in [6.45, 7) is 4.02. The molecule has 6 nitrogen and oxygen atoms in total. The highest BCUT2D eigenvalue weighted by Crippen LogP contribution is 2.42. The Kier molecular flexibility index (Phi) is 4.84. The third-order valence-corrected chi connectivity index (χ3v) is 6.03. The molecule has 0 radical (unpaired) electrons. The molecule has 8 heteroatoms. The van der Waals surface area contributed by atoms with Gasteiger partial charge in [-0.1, -0.05) is 36.4 Å². The van der Waals surface area contributed by atoms with Gasteiger partial charge in [0.25, 0.3) is 5.91 Å². The number of nitrogens with zero attached hydrogens (tertiary/aromatic N) is 2. The van der Waals surface area contributed by atoms with Gasteiger partial charge in [-0.2, -0.15) is 0 Å². The largest absolute Gasteiger partial charge is 0.490 e. The molecule has 2 aromatic heterocycles. The van der Waals surface area contributed by atoms with E-state index in [1.807, 2.05) is 12.1 Å². The van der Waals surface area contributed by atoms with E-state index < -0.39 is 11.9 Å². The van der Waals surface area contributed by atoms with Crippen LogP contribution < -0.4 is 15.1 Å². The summed E-state index contributed by atoms with van der Waals surface area (Å²) in [4.78, 5) is 32.6. The first-order chi connectivity index (χ1) is 15.1. The fourth-order valence-corrected chi connectivity index (χ4v) is 4.53. The lowest BCUT2D eigenvalue weighted by Crippen LogP contribution is -2.29. The van der Waals surface area contributed by atoms with Crippen LogP contribution in [0.15, 0.2) is 75.9 Å². The van der Waals surface area contributed by atoms with Crippen molar-refractivity contribution < 1.29 is 13.9 Å². The number of halogens is 1. The molecular formula is C23H15ClN2O4S. The van der Waals surface area contributed by atoms with Gasteiger partial charge in [-0.15, -0.1) is 11.3 Å². The van der Waals surface area contributed by atoms with E-state index in [2.05, 4.69) is 11.6 Å². The van der Waals surface area contributed by atoms with Crippen molar-refractivity contribution in [3.63, 3.8) is 0 Å². The smallest absolute Gasteiger partial charge is 0.297 e. The molecule has 2 aromatic carbocycles. The Hall–Kier alpha value is -3.42. The third kappa shape index (κ3) is 3.22. The molecule has 0 bridgehead atoms. The van der Waals surface area contributed by atoms with Crippen molar-refractivity contribution in [2.75, 3.05) is 11.5 Å². The Morgan fingerprint density at radius 1 is 1.23 bits per heavy atom. The van der Waals surface area contributed by atoms with Gasteiger partial charge in [-0.05, 0) is 35.9 Å². The molecule has 1 atom stereocenters. The first-order valence-corrected chi connectivity index (χ1v) is 10.7. The predicted molar refractivity (Wildman–Crippen MR) is 120 cm³/mol. The second-order valence-corrected chi connectivity index (χ2v) is 8.19. The highest BCUT2D eigenvalue weighted by Gasteiger charge is 2.44. The minimum Gasteiger partial charge on any atom is -0.490 e. The van der Waals surface area contributed by atoms with Crippen LogP contribution in [0.5, 0.6) is 5.75 Å². The maximum Gasteiger partial charge on any atom is 0.297 e. The van der Waals surface area contributed by atoms with Gasteiger partial charge in [-0.25, -0.2) is 4.98 Å². The molecule has 3 heterocycles. The summed E-state index contributed by atoms with van der Waals surface area (Å²) in [5.74, 6) is 0.272. The van der Waals surface area contributed by atoms with Crippen LogP contribution >= 0.6 is 22.9 Å². The average Bonchev–Trinajstić information content (AvgIpc) is 3.40. The highest BCUT2D eigenvalue weighted by atomic mass is 35.5. The Labute approximate surface area is 186 Å². The molecule has 1 aliphatic heterocycles. The molecule has 4 aromatic rings. The van der Waals surface area contributed by atoms with Crippen LogP contribution in [0, 0.1) is 0 Å². The summed E-state index contributed by atoms with van der Waals surface area (Å²) in [6, 6.07) is 11.3. The summed E-state index contributed by atoms with van der Waals surface area (Å²) >= 11 is 7.42. The van der Waals surface area contributed by atoms with Gasteiger partial charge in [0.2, 0.25) is 5.76 Å². The normalized spacial score (nSPS) is 15.3. The molecule has 154 valence electrons.